The third kappa shape index (κ3) is 3.65. The van der Waals surface area contributed by atoms with Gasteiger partial charge in [0.1, 0.15) is 6.04 Å². The predicted molar refractivity (Wildman–Crippen MR) is 160 cm³/mol. The minimum absolute atomic E-state index is 0.0442. The lowest BCUT2D eigenvalue weighted by atomic mass is 9.46. The number of hydrazine groups is 1. The van der Waals surface area contributed by atoms with E-state index in [1.807, 2.05) is 30.3 Å². The van der Waals surface area contributed by atoms with Crippen molar-refractivity contribution in [2.75, 3.05) is 10.3 Å². The first kappa shape index (κ1) is 25.9. The highest BCUT2D eigenvalue weighted by molar-refractivity contribution is 5.92. The molecule has 2 aromatic carbocycles. The maximum absolute atomic E-state index is 13.8. The fourth-order valence-electron chi connectivity index (χ4n) is 10.4. The van der Waals surface area contributed by atoms with Crippen LogP contribution in [-0.2, 0) is 9.59 Å². The first-order valence-electron chi connectivity index (χ1n) is 15.5. The summed E-state index contributed by atoms with van der Waals surface area (Å²) >= 11 is 0. The fourth-order valence-corrected chi connectivity index (χ4v) is 10.4. The van der Waals surface area contributed by atoms with Crippen LogP contribution >= 0.6 is 0 Å². The molecule has 0 radical (unpaired) electrons. The van der Waals surface area contributed by atoms with Crippen molar-refractivity contribution in [1.29, 1.82) is 0 Å². The minimum Gasteiger partial charge on any atom is -0.372 e. The number of rotatable bonds is 4. The van der Waals surface area contributed by atoms with Crippen LogP contribution in [0.5, 0.6) is 0 Å². The zero-order valence-corrected chi connectivity index (χ0v) is 24.2. The number of benzene rings is 2. The summed E-state index contributed by atoms with van der Waals surface area (Å²) in [5.74, 6) is 2.73. The van der Waals surface area contributed by atoms with E-state index in [4.69, 9.17) is 0 Å². The normalized spacial score (nSPS) is 40.5. The molecule has 0 aromatic heterocycles. The fraction of sp³-hybridized carbons (Fsp3) is 0.543. The molecule has 2 N–H and O–H groups in total. The summed E-state index contributed by atoms with van der Waals surface area (Å²) in [5, 5.41) is 5.89. The Labute approximate surface area is 238 Å². The maximum Gasteiger partial charge on any atom is 0.263 e. The SMILES string of the molecule is CC1([C@H]2CC[C@H]3[C@@H]4CCC5=CC(=O)CC[C@]5(C)[C@H]4CC[C@]23C)C(Nc2ccccc2)C(=O)NN1c1ccccc1. The number of hydrogen-bond acceptors (Lipinski definition) is 4. The van der Waals surface area contributed by atoms with Crippen LogP contribution in [0, 0.1) is 34.5 Å². The van der Waals surface area contributed by atoms with E-state index in [0.717, 1.165) is 30.6 Å². The minimum atomic E-state index is -0.439. The molecule has 1 heterocycles. The van der Waals surface area contributed by atoms with Crippen LogP contribution in [-0.4, -0.2) is 23.3 Å². The second kappa shape index (κ2) is 9.22. The number of para-hydroxylation sites is 2. The second-order valence-corrected chi connectivity index (χ2v) is 14.0. The zero-order valence-electron chi connectivity index (χ0n) is 24.2. The number of fused-ring (bicyclic) bond motifs is 5. The number of nitrogens with one attached hydrogen (secondary N) is 2. The van der Waals surface area contributed by atoms with Gasteiger partial charge in [0.2, 0.25) is 0 Å². The molecule has 4 aliphatic carbocycles. The van der Waals surface area contributed by atoms with Gasteiger partial charge in [-0.15, -0.1) is 0 Å². The number of ketones is 1. The number of nitrogens with zero attached hydrogens (tertiary/aromatic N) is 1. The largest absolute Gasteiger partial charge is 0.372 e. The average Bonchev–Trinajstić information content (AvgIpc) is 3.44. The number of anilines is 2. The van der Waals surface area contributed by atoms with Crippen LogP contribution in [0.2, 0.25) is 0 Å². The van der Waals surface area contributed by atoms with Crippen molar-refractivity contribution in [3.05, 3.63) is 72.3 Å². The molecule has 1 saturated heterocycles. The van der Waals surface area contributed by atoms with E-state index in [0.29, 0.717) is 35.9 Å². The molecule has 40 heavy (non-hydrogen) atoms. The number of hydrogen-bond donors (Lipinski definition) is 2. The highest BCUT2D eigenvalue weighted by atomic mass is 16.2. The summed E-state index contributed by atoms with van der Waals surface area (Å²) in [5.41, 5.74) is 6.67. The van der Waals surface area contributed by atoms with Crippen molar-refractivity contribution in [3.8, 4) is 0 Å². The lowest BCUT2D eigenvalue weighted by Gasteiger charge is -2.60. The van der Waals surface area contributed by atoms with Gasteiger partial charge >= 0.3 is 0 Å². The molecule has 210 valence electrons. The topological polar surface area (TPSA) is 61.4 Å². The van der Waals surface area contributed by atoms with Gasteiger partial charge in [0.05, 0.1) is 11.2 Å². The molecule has 2 aromatic rings. The molecular weight excluding hydrogens is 494 g/mol. The first-order valence-corrected chi connectivity index (χ1v) is 15.5. The van der Waals surface area contributed by atoms with E-state index in [1.165, 1.54) is 31.3 Å². The molecule has 8 atom stereocenters. The van der Waals surface area contributed by atoms with Crippen LogP contribution in [0.1, 0.15) is 72.1 Å². The number of amides is 1. The lowest BCUT2D eigenvalue weighted by molar-refractivity contribution is -0.121. The quantitative estimate of drug-likeness (QED) is 0.444. The third-order valence-electron chi connectivity index (χ3n) is 12.3. The average molecular weight is 538 g/mol. The molecule has 5 heteroatoms. The molecule has 0 spiro atoms. The Bertz CT molecular complexity index is 1340. The Morgan fingerprint density at radius 2 is 1.55 bits per heavy atom. The van der Waals surface area contributed by atoms with Gasteiger partial charge in [-0.2, -0.15) is 0 Å². The summed E-state index contributed by atoms with van der Waals surface area (Å²) in [6.45, 7) is 7.36. The molecule has 0 bridgehead atoms. The van der Waals surface area contributed by atoms with E-state index in [9.17, 15) is 9.59 Å². The summed E-state index contributed by atoms with van der Waals surface area (Å²) in [6.07, 6.45) is 10.8. The van der Waals surface area contributed by atoms with Gasteiger partial charge in [-0.05, 0) is 117 Å². The van der Waals surface area contributed by atoms with Crippen molar-refractivity contribution >= 4 is 23.1 Å². The van der Waals surface area contributed by atoms with E-state index >= 15 is 0 Å². The second-order valence-electron chi connectivity index (χ2n) is 14.0. The Kier molecular flexibility index (Phi) is 5.96. The zero-order chi connectivity index (χ0) is 27.7. The van der Waals surface area contributed by atoms with Gasteiger partial charge in [-0.1, -0.05) is 55.8 Å². The van der Waals surface area contributed by atoms with Crippen LogP contribution in [0.4, 0.5) is 11.4 Å². The van der Waals surface area contributed by atoms with E-state index in [1.54, 1.807) is 0 Å². The van der Waals surface area contributed by atoms with Crippen molar-refractivity contribution in [2.45, 2.75) is 83.7 Å². The first-order chi connectivity index (χ1) is 19.2. The van der Waals surface area contributed by atoms with E-state index in [-0.39, 0.29) is 22.8 Å². The Morgan fingerprint density at radius 1 is 0.825 bits per heavy atom. The summed E-state index contributed by atoms with van der Waals surface area (Å²) < 4.78 is 0. The molecule has 5 nitrogen and oxygen atoms in total. The molecular formula is C35H43N3O2. The van der Waals surface area contributed by atoms with E-state index in [2.05, 4.69) is 72.9 Å². The smallest absolute Gasteiger partial charge is 0.263 e. The van der Waals surface area contributed by atoms with Crippen LogP contribution in [0.25, 0.3) is 0 Å². The standard InChI is InChI=1S/C35H43N3O2/c1-33-20-18-26(39)22-23(33)14-15-27-28-16-17-30(34(28,2)21-19-29(27)33)35(3)31(36-24-10-6-4-7-11-24)32(40)37-38(35)25-12-8-5-9-13-25/h4-13,22,27-31,36H,14-21H2,1-3H3,(H,37,40)/t27-,28-,29-,30-,31?,33-,34-,35?/m0/s1. The van der Waals surface area contributed by atoms with Gasteiger partial charge in [0.15, 0.2) is 5.78 Å². The summed E-state index contributed by atoms with van der Waals surface area (Å²) in [4.78, 5) is 26.1. The van der Waals surface area contributed by atoms with Crippen molar-refractivity contribution < 1.29 is 9.59 Å². The molecule has 4 fully saturated rings. The lowest BCUT2D eigenvalue weighted by Crippen LogP contribution is -2.62. The van der Waals surface area contributed by atoms with Gasteiger partial charge in [-0.3, -0.25) is 20.0 Å². The predicted octanol–water partition coefficient (Wildman–Crippen LogP) is 6.93. The highest BCUT2D eigenvalue weighted by Crippen LogP contribution is 2.68. The van der Waals surface area contributed by atoms with Gasteiger partial charge in [0, 0.05) is 12.1 Å². The van der Waals surface area contributed by atoms with Crippen LogP contribution in [0.3, 0.4) is 0 Å². The van der Waals surface area contributed by atoms with Gasteiger partial charge in [0.25, 0.3) is 5.91 Å². The maximum atomic E-state index is 13.8. The molecule has 1 amide bonds. The van der Waals surface area contributed by atoms with Gasteiger partial charge in [-0.25, -0.2) is 0 Å². The third-order valence-corrected chi connectivity index (χ3v) is 12.3. The van der Waals surface area contributed by atoms with E-state index < -0.39 is 5.54 Å². The molecule has 3 saturated carbocycles. The van der Waals surface area contributed by atoms with Crippen molar-refractivity contribution in [2.24, 2.45) is 34.5 Å². The summed E-state index contributed by atoms with van der Waals surface area (Å²) in [6, 6.07) is 20.2. The number of allylic oxidation sites excluding steroid dienone is 1. The monoisotopic (exact) mass is 537 g/mol. The number of carbonyl (C=O) groups excluding carboxylic acids is 2. The Hall–Kier alpha value is -3.08. The Balaban J connectivity index is 1.26. The van der Waals surface area contributed by atoms with Gasteiger partial charge < -0.3 is 5.32 Å². The van der Waals surface area contributed by atoms with Crippen molar-refractivity contribution in [1.82, 2.24) is 5.43 Å². The molecule has 5 aliphatic rings. The molecule has 7 rings (SSSR count). The molecule has 1 aliphatic heterocycles. The summed E-state index contributed by atoms with van der Waals surface area (Å²) in [7, 11) is 0. The number of carbonyl (C=O) groups is 2. The molecule has 2 unspecified atom stereocenters. The van der Waals surface area contributed by atoms with Crippen LogP contribution < -0.4 is 15.8 Å². The van der Waals surface area contributed by atoms with Crippen LogP contribution in [0.15, 0.2) is 72.3 Å². The highest BCUT2D eigenvalue weighted by Gasteiger charge is 2.66. The Morgan fingerprint density at radius 3 is 2.30 bits per heavy atom. The van der Waals surface area contributed by atoms with Crippen molar-refractivity contribution in [3.63, 3.8) is 0 Å².